The highest BCUT2D eigenvalue weighted by molar-refractivity contribution is 7.89. The third-order valence-corrected chi connectivity index (χ3v) is 10.1. The number of nitrogens with zero attached hydrogens (tertiary/aromatic N) is 3. The van der Waals surface area contributed by atoms with E-state index in [4.69, 9.17) is 0 Å². The molecular weight excluding hydrogens is 542 g/mol. The third kappa shape index (κ3) is 5.65. The molecule has 0 spiro atoms. The molecule has 42 heavy (non-hydrogen) atoms. The first kappa shape index (κ1) is 28.4. The molecule has 0 saturated carbocycles. The Bertz CT molecular complexity index is 1770. The lowest BCUT2D eigenvalue weighted by Crippen LogP contribution is -2.50. The largest absolute Gasteiger partial charge is 0.390 e. The lowest BCUT2D eigenvalue weighted by Gasteiger charge is -2.35. The van der Waals surface area contributed by atoms with Crippen LogP contribution in [0.3, 0.4) is 0 Å². The van der Waals surface area contributed by atoms with E-state index < -0.39 is 16.1 Å². The lowest BCUT2D eigenvalue weighted by molar-refractivity contribution is 0.0818. The van der Waals surface area contributed by atoms with Gasteiger partial charge in [-0.3, -0.25) is 4.90 Å². The Balaban J connectivity index is 1.26. The van der Waals surface area contributed by atoms with E-state index in [1.807, 2.05) is 31.2 Å². The van der Waals surface area contributed by atoms with Crippen molar-refractivity contribution in [1.82, 2.24) is 13.8 Å². The maximum absolute atomic E-state index is 13.2. The van der Waals surface area contributed by atoms with Crippen LogP contribution in [0.1, 0.15) is 11.1 Å². The zero-order valence-corrected chi connectivity index (χ0v) is 25.0. The fourth-order valence-corrected chi connectivity index (χ4v) is 7.45. The smallest absolute Gasteiger partial charge is 0.243 e. The van der Waals surface area contributed by atoms with Gasteiger partial charge in [0.25, 0.3) is 0 Å². The second-order valence-corrected chi connectivity index (χ2v) is 13.2. The van der Waals surface area contributed by atoms with Gasteiger partial charge in [0.2, 0.25) is 10.0 Å². The highest BCUT2D eigenvalue weighted by Crippen LogP contribution is 2.41. The Kier molecular flexibility index (Phi) is 8.01. The normalized spacial score (nSPS) is 15.7. The van der Waals surface area contributed by atoms with Gasteiger partial charge in [0.15, 0.2) is 0 Å². The second kappa shape index (κ2) is 11.9. The summed E-state index contributed by atoms with van der Waals surface area (Å²) >= 11 is 0. The van der Waals surface area contributed by atoms with Crippen LogP contribution in [0.2, 0.25) is 0 Å². The Morgan fingerprint density at radius 1 is 0.714 bits per heavy atom. The first-order chi connectivity index (χ1) is 20.3. The molecule has 0 aliphatic carbocycles. The van der Waals surface area contributed by atoms with Gasteiger partial charge in [-0.1, -0.05) is 90.0 Å². The van der Waals surface area contributed by atoms with E-state index >= 15 is 0 Å². The molecule has 1 saturated heterocycles. The first-order valence-electron chi connectivity index (χ1n) is 14.5. The predicted molar refractivity (Wildman–Crippen MR) is 170 cm³/mol. The summed E-state index contributed by atoms with van der Waals surface area (Å²) in [5.41, 5.74) is 7.82. The molecule has 0 bridgehead atoms. The van der Waals surface area contributed by atoms with Crippen molar-refractivity contribution < 1.29 is 13.5 Å². The van der Waals surface area contributed by atoms with Gasteiger partial charge in [-0.05, 0) is 49.2 Å². The van der Waals surface area contributed by atoms with Crippen LogP contribution < -0.4 is 0 Å². The minimum Gasteiger partial charge on any atom is -0.390 e. The summed E-state index contributed by atoms with van der Waals surface area (Å²) in [7, 11) is -3.53. The molecule has 2 heterocycles. The molecule has 6 nitrogen and oxygen atoms in total. The topological polar surface area (TPSA) is 65.8 Å². The summed E-state index contributed by atoms with van der Waals surface area (Å²) in [5.74, 6) is 0. The van der Waals surface area contributed by atoms with E-state index in [0.717, 1.165) is 27.9 Å². The van der Waals surface area contributed by atoms with Crippen molar-refractivity contribution in [1.29, 1.82) is 0 Å². The predicted octanol–water partition coefficient (Wildman–Crippen LogP) is 5.96. The van der Waals surface area contributed by atoms with Crippen molar-refractivity contribution in [3.8, 4) is 22.4 Å². The van der Waals surface area contributed by atoms with Crippen molar-refractivity contribution >= 4 is 20.9 Å². The molecule has 7 heteroatoms. The number of rotatable bonds is 8. The minimum atomic E-state index is -3.53. The molecule has 1 unspecified atom stereocenters. The minimum absolute atomic E-state index is 0.332. The number of aliphatic hydroxyl groups excluding tert-OH is 1. The number of hydrogen-bond donors (Lipinski definition) is 1. The van der Waals surface area contributed by atoms with E-state index in [0.29, 0.717) is 44.2 Å². The fraction of sp³-hybridized carbons (Fsp3) is 0.257. The Morgan fingerprint density at radius 2 is 1.31 bits per heavy atom. The first-order valence-corrected chi connectivity index (χ1v) is 16.0. The van der Waals surface area contributed by atoms with Crippen molar-refractivity contribution in [3.05, 3.63) is 114 Å². The third-order valence-electron chi connectivity index (χ3n) is 8.18. The number of benzene rings is 4. The molecule has 4 aromatic carbocycles. The van der Waals surface area contributed by atoms with Gasteiger partial charge >= 0.3 is 0 Å². The molecule has 216 valence electrons. The summed E-state index contributed by atoms with van der Waals surface area (Å²) in [6.45, 7) is 6.93. The molecule has 1 aliphatic rings. The zero-order chi connectivity index (χ0) is 29.3. The van der Waals surface area contributed by atoms with Crippen LogP contribution >= 0.6 is 0 Å². The van der Waals surface area contributed by atoms with Gasteiger partial charge in [0.05, 0.1) is 23.2 Å². The van der Waals surface area contributed by atoms with Crippen LogP contribution in [0.4, 0.5) is 0 Å². The number of aryl methyl sites for hydroxylation is 2. The van der Waals surface area contributed by atoms with Crippen LogP contribution in [0, 0.1) is 13.8 Å². The second-order valence-electron chi connectivity index (χ2n) is 11.3. The lowest BCUT2D eigenvalue weighted by atomic mass is 9.98. The van der Waals surface area contributed by atoms with Gasteiger partial charge in [0.1, 0.15) is 0 Å². The van der Waals surface area contributed by atoms with E-state index in [9.17, 15) is 13.5 Å². The number of aliphatic hydroxyl groups is 1. The molecule has 1 fully saturated rings. The molecule has 0 radical (unpaired) electrons. The summed E-state index contributed by atoms with van der Waals surface area (Å²) in [5, 5.41) is 12.6. The number of fused-ring (bicyclic) bond motifs is 1. The van der Waals surface area contributed by atoms with Gasteiger partial charge < -0.3 is 9.67 Å². The number of piperazine rings is 1. The number of β-amino-alcohol motifs (C(OH)–C–C–N with tert-alkyl or cyclic N) is 1. The number of hydrogen-bond acceptors (Lipinski definition) is 4. The standard InChI is InChI=1S/C35H37N3O3S/c1-26-13-16-31(17-14-26)42(40,41)37-21-19-36(20-22-37)24-30(39)25-38-33-18-15-27(2)23-32(33)34(28-9-5-3-6-10-28)35(38)29-11-7-4-8-12-29/h3-18,23,30,39H,19-22,24-25H2,1-2H3. The number of aromatic nitrogens is 1. The molecule has 1 aliphatic heterocycles. The summed E-state index contributed by atoms with van der Waals surface area (Å²) in [4.78, 5) is 2.50. The number of sulfonamides is 1. The van der Waals surface area contributed by atoms with E-state index in [2.05, 4.69) is 83.1 Å². The van der Waals surface area contributed by atoms with E-state index in [1.54, 1.807) is 16.4 Å². The molecule has 0 amide bonds. The average molecular weight is 580 g/mol. The molecule has 1 aromatic heterocycles. The van der Waals surface area contributed by atoms with Crippen molar-refractivity contribution in [2.45, 2.75) is 31.4 Å². The van der Waals surface area contributed by atoms with Crippen molar-refractivity contribution in [3.63, 3.8) is 0 Å². The van der Waals surface area contributed by atoms with Gasteiger partial charge in [-0.2, -0.15) is 4.31 Å². The maximum Gasteiger partial charge on any atom is 0.243 e. The Morgan fingerprint density at radius 3 is 1.95 bits per heavy atom. The fourth-order valence-electron chi connectivity index (χ4n) is 6.03. The van der Waals surface area contributed by atoms with Crippen LogP contribution in [0.15, 0.2) is 108 Å². The molecule has 1 N–H and O–H groups in total. The highest BCUT2D eigenvalue weighted by Gasteiger charge is 2.29. The monoisotopic (exact) mass is 579 g/mol. The highest BCUT2D eigenvalue weighted by atomic mass is 32.2. The summed E-state index contributed by atoms with van der Waals surface area (Å²) in [6, 6.07) is 34.4. The van der Waals surface area contributed by atoms with Crippen molar-refractivity contribution in [2.75, 3.05) is 32.7 Å². The van der Waals surface area contributed by atoms with Crippen molar-refractivity contribution in [2.24, 2.45) is 0 Å². The van der Waals surface area contributed by atoms with Crippen LogP contribution in [-0.4, -0.2) is 66.1 Å². The van der Waals surface area contributed by atoms with Crippen LogP contribution in [-0.2, 0) is 16.6 Å². The zero-order valence-electron chi connectivity index (χ0n) is 24.1. The van der Waals surface area contributed by atoms with Gasteiger partial charge in [-0.15, -0.1) is 0 Å². The average Bonchev–Trinajstić information content (AvgIpc) is 3.31. The van der Waals surface area contributed by atoms with E-state index in [-0.39, 0.29) is 0 Å². The summed E-state index contributed by atoms with van der Waals surface area (Å²) in [6.07, 6.45) is -0.631. The van der Waals surface area contributed by atoms with Gasteiger partial charge in [-0.25, -0.2) is 8.42 Å². The SMILES string of the molecule is Cc1ccc(S(=O)(=O)N2CCN(CC(O)Cn3c(-c4ccccc4)c(-c4ccccc4)c4cc(C)ccc43)CC2)cc1. The quantitative estimate of drug-likeness (QED) is 0.246. The Labute approximate surface area is 248 Å². The Hall–Kier alpha value is -3.75. The van der Waals surface area contributed by atoms with Crippen LogP contribution in [0.5, 0.6) is 0 Å². The maximum atomic E-state index is 13.2. The van der Waals surface area contributed by atoms with Gasteiger partial charge in [0, 0.05) is 49.2 Å². The van der Waals surface area contributed by atoms with Crippen LogP contribution in [0.25, 0.3) is 33.3 Å². The molecular formula is C35H37N3O3S. The molecule has 6 rings (SSSR count). The molecule has 5 aromatic rings. The van der Waals surface area contributed by atoms with E-state index in [1.165, 1.54) is 16.5 Å². The molecule has 1 atom stereocenters. The summed E-state index contributed by atoms with van der Waals surface area (Å²) < 4.78 is 30.1.